The zero-order valence-corrected chi connectivity index (χ0v) is 9.03. The summed E-state index contributed by atoms with van der Waals surface area (Å²) >= 11 is 0. The molecule has 0 radical (unpaired) electrons. The minimum atomic E-state index is -0.553. The first-order valence-electron chi connectivity index (χ1n) is 5.28. The Kier molecular flexibility index (Phi) is 2.54. The average Bonchev–Trinajstić information content (AvgIpc) is 2.89. The van der Waals surface area contributed by atoms with Gasteiger partial charge in [0.05, 0.1) is 7.11 Å². The number of ether oxygens (including phenoxy) is 1. The molecule has 2 aliphatic rings. The first-order chi connectivity index (χ1) is 7.13. The summed E-state index contributed by atoms with van der Waals surface area (Å²) in [6.45, 7) is 2.52. The van der Waals surface area contributed by atoms with E-state index in [0.29, 0.717) is 6.04 Å². The third-order valence-corrected chi connectivity index (χ3v) is 3.20. The maximum atomic E-state index is 11.9. The van der Waals surface area contributed by atoms with Crippen LogP contribution in [0.15, 0.2) is 0 Å². The Morgan fingerprint density at radius 3 is 2.73 bits per heavy atom. The van der Waals surface area contributed by atoms with E-state index in [1.54, 1.807) is 6.92 Å². The Morgan fingerprint density at radius 2 is 2.27 bits per heavy atom. The summed E-state index contributed by atoms with van der Waals surface area (Å²) in [6, 6.07) is -0.0452. The fourth-order valence-electron chi connectivity index (χ4n) is 2.21. The molecule has 5 heteroatoms. The Morgan fingerprint density at radius 1 is 1.53 bits per heavy atom. The maximum Gasteiger partial charge on any atom is 0.407 e. The van der Waals surface area contributed by atoms with Crippen LogP contribution in [0.4, 0.5) is 4.79 Å². The summed E-state index contributed by atoms with van der Waals surface area (Å²) in [5.41, 5.74) is 0. The molecule has 0 bridgehead atoms. The lowest BCUT2D eigenvalue weighted by Gasteiger charge is -2.22. The zero-order valence-electron chi connectivity index (χ0n) is 9.03. The van der Waals surface area contributed by atoms with Crippen LogP contribution in [0, 0.1) is 5.92 Å². The third-order valence-electron chi connectivity index (χ3n) is 3.20. The molecular weight excluding hydrogens is 196 g/mol. The van der Waals surface area contributed by atoms with Gasteiger partial charge in [0.15, 0.2) is 0 Å². The fourth-order valence-corrected chi connectivity index (χ4v) is 2.21. The van der Waals surface area contributed by atoms with Crippen LogP contribution < -0.4 is 5.32 Å². The highest BCUT2D eigenvalue weighted by Crippen LogP contribution is 2.44. The summed E-state index contributed by atoms with van der Waals surface area (Å²) in [5.74, 6) is 0.727. The SMILES string of the molecule is COC(=O)N[C@@H](C)C(=O)N1CCC2CC21. The molecule has 1 aliphatic heterocycles. The predicted octanol–water partition coefficient (Wildman–Crippen LogP) is 0.352. The molecule has 3 atom stereocenters. The number of alkyl carbamates (subject to hydrolysis) is 1. The van der Waals surface area contributed by atoms with Gasteiger partial charge in [0.1, 0.15) is 6.04 Å². The number of amides is 2. The molecule has 1 saturated heterocycles. The Balaban J connectivity index is 1.87. The van der Waals surface area contributed by atoms with E-state index >= 15 is 0 Å². The Bertz CT molecular complexity index is 292. The molecule has 1 saturated carbocycles. The minimum Gasteiger partial charge on any atom is -0.453 e. The third kappa shape index (κ3) is 1.91. The van der Waals surface area contributed by atoms with Gasteiger partial charge in [-0.25, -0.2) is 4.79 Å². The van der Waals surface area contributed by atoms with Gasteiger partial charge in [-0.05, 0) is 25.7 Å². The van der Waals surface area contributed by atoms with E-state index in [9.17, 15) is 9.59 Å². The number of hydrogen-bond acceptors (Lipinski definition) is 3. The smallest absolute Gasteiger partial charge is 0.407 e. The van der Waals surface area contributed by atoms with Crippen molar-refractivity contribution < 1.29 is 14.3 Å². The quantitative estimate of drug-likeness (QED) is 0.718. The number of carbonyl (C=O) groups is 2. The number of hydrogen-bond donors (Lipinski definition) is 1. The molecule has 2 rings (SSSR count). The van der Waals surface area contributed by atoms with Crippen LogP contribution in [0.3, 0.4) is 0 Å². The number of nitrogens with one attached hydrogen (secondary N) is 1. The van der Waals surface area contributed by atoms with Gasteiger partial charge >= 0.3 is 6.09 Å². The highest BCUT2D eigenvalue weighted by Gasteiger charge is 2.49. The molecular formula is C10H16N2O3. The maximum absolute atomic E-state index is 11.9. The standard InChI is InChI=1S/C10H16N2O3/c1-6(11-10(14)15-2)9(13)12-4-3-7-5-8(7)12/h6-8H,3-5H2,1-2H3,(H,11,14)/t6-,7?,8?/m0/s1. The molecule has 1 heterocycles. The van der Waals surface area contributed by atoms with Gasteiger partial charge in [-0.1, -0.05) is 0 Å². The van der Waals surface area contributed by atoms with Crippen molar-refractivity contribution >= 4 is 12.0 Å². The van der Waals surface area contributed by atoms with Crippen molar-refractivity contribution in [1.29, 1.82) is 0 Å². The van der Waals surface area contributed by atoms with E-state index in [2.05, 4.69) is 10.1 Å². The van der Waals surface area contributed by atoms with Gasteiger partial charge < -0.3 is 15.0 Å². The molecule has 2 amide bonds. The van der Waals surface area contributed by atoms with E-state index in [0.717, 1.165) is 25.3 Å². The van der Waals surface area contributed by atoms with E-state index in [4.69, 9.17) is 0 Å². The van der Waals surface area contributed by atoms with Gasteiger partial charge in [-0.3, -0.25) is 4.79 Å². The topological polar surface area (TPSA) is 58.6 Å². The van der Waals surface area contributed by atoms with Gasteiger partial charge in [0, 0.05) is 12.6 Å². The number of nitrogens with zero attached hydrogens (tertiary/aromatic N) is 1. The molecule has 0 aromatic carbocycles. The van der Waals surface area contributed by atoms with Crippen molar-refractivity contribution in [2.45, 2.75) is 31.8 Å². The largest absolute Gasteiger partial charge is 0.453 e. The highest BCUT2D eigenvalue weighted by molar-refractivity contribution is 5.86. The lowest BCUT2D eigenvalue weighted by Crippen LogP contribution is -2.46. The minimum absolute atomic E-state index is 0.00500. The summed E-state index contributed by atoms with van der Waals surface area (Å²) < 4.78 is 4.45. The van der Waals surface area contributed by atoms with Crippen LogP contribution in [0.2, 0.25) is 0 Å². The molecule has 5 nitrogen and oxygen atoms in total. The second kappa shape index (κ2) is 3.72. The van der Waals surface area contributed by atoms with Crippen molar-refractivity contribution in [3.05, 3.63) is 0 Å². The van der Waals surface area contributed by atoms with E-state index in [-0.39, 0.29) is 5.91 Å². The van der Waals surface area contributed by atoms with Crippen molar-refractivity contribution in [3.63, 3.8) is 0 Å². The summed E-state index contributed by atoms with van der Waals surface area (Å²) in [7, 11) is 1.29. The highest BCUT2D eigenvalue weighted by atomic mass is 16.5. The van der Waals surface area contributed by atoms with E-state index in [1.165, 1.54) is 7.11 Å². The number of piperidine rings is 1. The molecule has 84 valence electrons. The van der Waals surface area contributed by atoms with Crippen LogP contribution >= 0.6 is 0 Å². The Hall–Kier alpha value is -1.26. The normalized spacial score (nSPS) is 29.3. The molecule has 2 fully saturated rings. The number of carbonyl (C=O) groups excluding carboxylic acids is 2. The van der Waals surface area contributed by atoms with Crippen LogP contribution in [0.25, 0.3) is 0 Å². The fraction of sp³-hybridized carbons (Fsp3) is 0.800. The molecule has 0 aromatic rings. The molecule has 1 aliphatic carbocycles. The van der Waals surface area contributed by atoms with Crippen molar-refractivity contribution in [2.24, 2.45) is 5.92 Å². The van der Waals surface area contributed by atoms with Crippen molar-refractivity contribution in [1.82, 2.24) is 10.2 Å². The van der Waals surface area contributed by atoms with E-state index < -0.39 is 12.1 Å². The lowest BCUT2D eigenvalue weighted by molar-refractivity contribution is -0.132. The molecule has 0 spiro atoms. The summed E-state index contributed by atoms with van der Waals surface area (Å²) in [6.07, 6.45) is 1.69. The number of rotatable bonds is 2. The molecule has 15 heavy (non-hydrogen) atoms. The molecule has 0 aromatic heterocycles. The van der Waals surface area contributed by atoms with Crippen molar-refractivity contribution in [2.75, 3.05) is 13.7 Å². The number of methoxy groups -OCH3 is 1. The average molecular weight is 212 g/mol. The second-order valence-corrected chi connectivity index (χ2v) is 4.24. The predicted molar refractivity (Wildman–Crippen MR) is 53.2 cm³/mol. The monoisotopic (exact) mass is 212 g/mol. The number of fused-ring (bicyclic) bond motifs is 1. The van der Waals surface area contributed by atoms with Crippen LogP contribution in [0.5, 0.6) is 0 Å². The molecule has 2 unspecified atom stereocenters. The van der Waals surface area contributed by atoms with Gasteiger partial charge in [0.25, 0.3) is 0 Å². The first-order valence-corrected chi connectivity index (χ1v) is 5.28. The zero-order chi connectivity index (χ0) is 11.0. The first kappa shape index (κ1) is 10.3. The van der Waals surface area contributed by atoms with Gasteiger partial charge in [-0.2, -0.15) is 0 Å². The van der Waals surface area contributed by atoms with Crippen molar-refractivity contribution in [3.8, 4) is 0 Å². The summed E-state index contributed by atoms with van der Waals surface area (Å²) in [4.78, 5) is 24.7. The van der Waals surface area contributed by atoms with Gasteiger partial charge in [0.2, 0.25) is 5.91 Å². The van der Waals surface area contributed by atoms with Gasteiger partial charge in [-0.15, -0.1) is 0 Å². The molecule has 1 N–H and O–H groups in total. The summed E-state index contributed by atoms with van der Waals surface area (Å²) in [5, 5.41) is 2.49. The number of likely N-dealkylation sites (tertiary alicyclic amines) is 1. The van der Waals surface area contributed by atoms with Crippen LogP contribution in [-0.2, 0) is 9.53 Å². The second-order valence-electron chi connectivity index (χ2n) is 4.24. The van der Waals surface area contributed by atoms with Crippen LogP contribution in [0.1, 0.15) is 19.8 Å². The van der Waals surface area contributed by atoms with Crippen LogP contribution in [-0.4, -0.2) is 42.6 Å². The lowest BCUT2D eigenvalue weighted by atomic mass is 10.3. The van der Waals surface area contributed by atoms with E-state index in [1.807, 2.05) is 4.90 Å². The Labute approximate surface area is 88.8 Å².